The Morgan fingerprint density at radius 1 is 1.40 bits per heavy atom. The summed E-state index contributed by atoms with van der Waals surface area (Å²) in [6.07, 6.45) is 0. The van der Waals surface area contributed by atoms with E-state index < -0.39 is 0 Å². The topological polar surface area (TPSA) is 91.0 Å². The number of carbonyl (C=O) groups is 1. The summed E-state index contributed by atoms with van der Waals surface area (Å²) in [5, 5.41) is 12.0. The number of benzene rings is 1. The van der Waals surface area contributed by atoms with Gasteiger partial charge in [0.25, 0.3) is 0 Å². The van der Waals surface area contributed by atoms with Gasteiger partial charge >= 0.3 is 6.03 Å². The summed E-state index contributed by atoms with van der Waals surface area (Å²) >= 11 is 3.29. The number of rotatable bonds is 3. The van der Waals surface area contributed by atoms with Gasteiger partial charge in [0, 0.05) is 10.2 Å². The minimum atomic E-state index is -0.382. The van der Waals surface area contributed by atoms with Crippen LogP contribution in [0.5, 0.6) is 0 Å². The summed E-state index contributed by atoms with van der Waals surface area (Å²) in [7, 11) is 0. The minimum Gasteiger partial charge on any atom is -0.386 e. The summed E-state index contributed by atoms with van der Waals surface area (Å²) in [4.78, 5) is 11.2. The Morgan fingerprint density at radius 3 is 2.53 bits per heavy atom. The Labute approximate surface area is 95.7 Å². The van der Waals surface area contributed by atoms with Crippen molar-refractivity contribution in [3.05, 3.63) is 28.7 Å². The molecule has 1 aromatic carbocycles. The van der Waals surface area contributed by atoms with E-state index in [0.717, 1.165) is 4.47 Å². The second-order valence-electron chi connectivity index (χ2n) is 2.84. The first-order valence-electron chi connectivity index (χ1n) is 4.21. The normalized spacial score (nSPS) is 9.40. The molecule has 0 saturated carbocycles. The van der Waals surface area contributed by atoms with Crippen LogP contribution in [-0.4, -0.2) is 18.4 Å². The third kappa shape index (κ3) is 4.46. The van der Waals surface area contributed by atoms with Crippen LogP contribution >= 0.6 is 15.9 Å². The first-order valence-corrected chi connectivity index (χ1v) is 5.00. The van der Waals surface area contributed by atoms with Crippen LogP contribution in [0, 0.1) is 5.41 Å². The number of hydrogen-bond donors (Lipinski definition) is 4. The van der Waals surface area contributed by atoms with Crippen LogP contribution in [0.3, 0.4) is 0 Å². The molecule has 0 atom stereocenters. The largest absolute Gasteiger partial charge is 0.386 e. The van der Waals surface area contributed by atoms with Crippen molar-refractivity contribution in [3.63, 3.8) is 0 Å². The van der Waals surface area contributed by atoms with Crippen LogP contribution in [0.15, 0.2) is 28.7 Å². The second kappa shape index (κ2) is 5.35. The second-order valence-corrected chi connectivity index (χ2v) is 3.76. The highest BCUT2D eigenvalue weighted by Crippen LogP contribution is 2.13. The molecule has 1 rings (SSSR count). The number of anilines is 1. The lowest BCUT2D eigenvalue weighted by molar-refractivity contribution is 0.253. The predicted octanol–water partition coefficient (Wildman–Crippen LogP) is 1.51. The highest BCUT2D eigenvalue weighted by Gasteiger charge is 2.00. The highest BCUT2D eigenvalue weighted by atomic mass is 79.9. The number of nitrogens with one attached hydrogen (secondary N) is 3. The molecule has 0 unspecified atom stereocenters. The maximum atomic E-state index is 11.2. The SMILES string of the molecule is N=C(N)CNC(=O)Nc1ccc(Br)cc1. The maximum absolute atomic E-state index is 11.2. The third-order valence-electron chi connectivity index (χ3n) is 1.54. The molecule has 6 heteroatoms. The Morgan fingerprint density at radius 2 is 2.00 bits per heavy atom. The molecule has 0 spiro atoms. The molecule has 0 aliphatic rings. The van der Waals surface area contributed by atoms with Gasteiger partial charge in [0.15, 0.2) is 0 Å². The molecule has 0 saturated heterocycles. The molecule has 15 heavy (non-hydrogen) atoms. The fraction of sp³-hybridized carbons (Fsp3) is 0.111. The van der Waals surface area contributed by atoms with Gasteiger partial charge < -0.3 is 16.4 Å². The molecule has 2 amide bonds. The van der Waals surface area contributed by atoms with Crippen molar-refractivity contribution >= 4 is 33.5 Å². The van der Waals surface area contributed by atoms with E-state index in [1.54, 1.807) is 12.1 Å². The van der Waals surface area contributed by atoms with Gasteiger partial charge in [0.05, 0.1) is 6.54 Å². The van der Waals surface area contributed by atoms with Gasteiger partial charge in [-0.05, 0) is 24.3 Å². The molecule has 80 valence electrons. The van der Waals surface area contributed by atoms with Gasteiger partial charge in [-0.1, -0.05) is 15.9 Å². The molecule has 1 aromatic rings. The number of hydrogen-bond acceptors (Lipinski definition) is 2. The number of halogens is 1. The monoisotopic (exact) mass is 270 g/mol. The van der Waals surface area contributed by atoms with Gasteiger partial charge in [0.1, 0.15) is 5.84 Å². The summed E-state index contributed by atoms with van der Waals surface area (Å²) < 4.78 is 0.942. The Bertz CT molecular complexity index is 363. The maximum Gasteiger partial charge on any atom is 0.319 e. The van der Waals surface area contributed by atoms with Crippen molar-refractivity contribution in [1.29, 1.82) is 5.41 Å². The molecule has 0 bridgehead atoms. The molecule has 5 N–H and O–H groups in total. The third-order valence-corrected chi connectivity index (χ3v) is 2.07. The quantitative estimate of drug-likeness (QED) is 0.495. The standard InChI is InChI=1S/C9H11BrN4O/c10-6-1-3-7(4-2-6)14-9(15)13-5-8(11)12/h1-4H,5H2,(H3,11,12)(H2,13,14,15). The van der Waals surface area contributed by atoms with E-state index in [0.29, 0.717) is 5.69 Å². The average molecular weight is 271 g/mol. The summed E-state index contributed by atoms with van der Waals surface area (Å²) in [6, 6.07) is 6.78. The van der Waals surface area contributed by atoms with E-state index >= 15 is 0 Å². The summed E-state index contributed by atoms with van der Waals surface area (Å²) in [5.74, 6) is -0.0824. The van der Waals surface area contributed by atoms with E-state index in [2.05, 4.69) is 26.6 Å². The van der Waals surface area contributed by atoms with Gasteiger partial charge in [-0.15, -0.1) is 0 Å². The van der Waals surface area contributed by atoms with E-state index in [1.165, 1.54) is 0 Å². The van der Waals surface area contributed by atoms with Crippen LogP contribution in [-0.2, 0) is 0 Å². The predicted molar refractivity (Wildman–Crippen MR) is 63.1 cm³/mol. The number of amides is 2. The molecule has 0 aliphatic carbocycles. The van der Waals surface area contributed by atoms with Crippen molar-refractivity contribution < 1.29 is 4.79 Å². The van der Waals surface area contributed by atoms with Crippen molar-refractivity contribution in [2.75, 3.05) is 11.9 Å². The van der Waals surface area contributed by atoms with Crippen LogP contribution in [0.1, 0.15) is 0 Å². The number of nitrogens with two attached hydrogens (primary N) is 1. The molecule has 0 aliphatic heterocycles. The molecule has 0 radical (unpaired) electrons. The molecular weight excluding hydrogens is 260 g/mol. The number of amidine groups is 1. The van der Waals surface area contributed by atoms with E-state index in [-0.39, 0.29) is 18.4 Å². The summed E-state index contributed by atoms with van der Waals surface area (Å²) in [5.41, 5.74) is 5.77. The lowest BCUT2D eigenvalue weighted by Crippen LogP contribution is -2.35. The molecule has 0 heterocycles. The van der Waals surface area contributed by atoms with Crippen molar-refractivity contribution in [2.45, 2.75) is 0 Å². The van der Waals surface area contributed by atoms with Crippen molar-refractivity contribution in [1.82, 2.24) is 5.32 Å². The van der Waals surface area contributed by atoms with Crippen LogP contribution in [0.2, 0.25) is 0 Å². The van der Waals surface area contributed by atoms with Crippen molar-refractivity contribution in [2.24, 2.45) is 5.73 Å². The van der Waals surface area contributed by atoms with E-state index in [4.69, 9.17) is 11.1 Å². The molecular formula is C9H11BrN4O. The lowest BCUT2D eigenvalue weighted by Gasteiger charge is -2.06. The van der Waals surface area contributed by atoms with Gasteiger partial charge in [-0.2, -0.15) is 0 Å². The Kier molecular flexibility index (Phi) is 4.11. The zero-order chi connectivity index (χ0) is 11.3. The first kappa shape index (κ1) is 11.5. The number of carbonyl (C=O) groups excluding carboxylic acids is 1. The molecule has 0 aromatic heterocycles. The van der Waals surface area contributed by atoms with Crippen molar-refractivity contribution in [3.8, 4) is 0 Å². The van der Waals surface area contributed by atoms with Gasteiger partial charge in [-0.25, -0.2) is 4.79 Å². The summed E-state index contributed by atoms with van der Waals surface area (Å²) in [6.45, 7) is 0.0440. The highest BCUT2D eigenvalue weighted by molar-refractivity contribution is 9.10. The van der Waals surface area contributed by atoms with Crippen LogP contribution in [0.4, 0.5) is 10.5 Å². The zero-order valence-corrected chi connectivity index (χ0v) is 9.47. The fourth-order valence-electron chi connectivity index (χ4n) is 0.884. The van der Waals surface area contributed by atoms with E-state index in [9.17, 15) is 4.79 Å². The smallest absolute Gasteiger partial charge is 0.319 e. The van der Waals surface area contributed by atoms with Gasteiger partial charge in [0.2, 0.25) is 0 Å². The van der Waals surface area contributed by atoms with Crippen LogP contribution < -0.4 is 16.4 Å². The minimum absolute atomic E-state index is 0.0440. The van der Waals surface area contributed by atoms with Gasteiger partial charge in [-0.3, -0.25) is 5.41 Å². The Balaban J connectivity index is 2.44. The average Bonchev–Trinajstić information content (AvgIpc) is 2.19. The first-order chi connectivity index (χ1) is 7.08. The lowest BCUT2D eigenvalue weighted by atomic mass is 10.3. The number of urea groups is 1. The van der Waals surface area contributed by atoms with Crippen LogP contribution in [0.25, 0.3) is 0 Å². The fourth-order valence-corrected chi connectivity index (χ4v) is 1.15. The molecule has 0 fully saturated rings. The van der Waals surface area contributed by atoms with E-state index in [1.807, 2.05) is 12.1 Å². The Hall–Kier alpha value is -1.56. The molecule has 5 nitrogen and oxygen atoms in total. The zero-order valence-electron chi connectivity index (χ0n) is 7.88.